The predicted octanol–water partition coefficient (Wildman–Crippen LogP) is 5.54. The van der Waals surface area contributed by atoms with Gasteiger partial charge in [-0.25, -0.2) is 4.79 Å². The molecule has 0 saturated heterocycles. The maximum atomic E-state index is 12.8. The molecule has 0 radical (unpaired) electrons. The summed E-state index contributed by atoms with van der Waals surface area (Å²) in [5, 5.41) is 21.4. The van der Waals surface area contributed by atoms with Crippen LogP contribution in [0.4, 0.5) is 10.5 Å². The van der Waals surface area contributed by atoms with E-state index in [9.17, 15) is 14.7 Å². The number of nitrogens with one attached hydrogen (secondary N) is 2. The van der Waals surface area contributed by atoms with Crippen LogP contribution in [-0.4, -0.2) is 32.9 Å². The monoisotopic (exact) mass is 464 g/mol. The van der Waals surface area contributed by atoms with E-state index in [0.717, 1.165) is 44.2 Å². The van der Waals surface area contributed by atoms with Crippen molar-refractivity contribution in [3.05, 3.63) is 64.8 Å². The molecule has 5 rings (SSSR count). The molecule has 1 heterocycles. The highest BCUT2D eigenvalue weighted by Gasteiger charge is 2.29. The largest absolute Gasteiger partial charge is 0.507 e. The predicted molar refractivity (Wildman–Crippen MR) is 127 cm³/mol. The Morgan fingerprint density at radius 1 is 1.03 bits per heavy atom. The molecule has 2 aromatic carbocycles. The minimum Gasteiger partial charge on any atom is -0.507 e. The summed E-state index contributed by atoms with van der Waals surface area (Å²) >= 11 is 6.10. The number of phenolic OH excluding ortho intramolecular Hbond substituents is 1. The van der Waals surface area contributed by atoms with E-state index in [1.54, 1.807) is 36.4 Å². The van der Waals surface area contributed by atoms with Crippen molar-refractivity contribution in [2.24, 2.45) is 0 Å². The van der Waals surface area contributed by atoms with Crippen LogP contribution in [0.15, 0.2) is 48.5 Å². The lowest BCUT2D eigenvalue weighted by molar-refractivity contribution is 0.102. The first-order valence-electron chi connectivity index (χ1n) is 11.3. The third-order valence-electron chi connectivity index (χ3n) is 6.26. The summed E-state index contributed by atoms with van der Waals surface area (Å²) in [5.41, 5.74) is 2.70. The van der Waals surface area contributed by atoms with Crippen molar-refractivity contribution < 1.29 is 14.7 Å². The molecule has 0 unspecified atom stereocenters. The first kappa shape index (κ1) is 21.5. The summed E-state index contributed by atoms with van der Waals surface area (Å²) in [4.78, 5) is 25.3. The van der Waals surface area contributed by atoms with Crippen molar-refractivity contribution in [1.29, 1.82) is 0 Å². The van der Waals surface area contributed by atoms with Gasteiger partial charge in [0, 0.05) is 29.3 Å². The number of carbonyl (C=O) groups is 2. The Kier molecular flexibility index (Phi) is 5.81. The fourth-order valence-corrected chi connectivity index (χ4v) is 4.56. The molecule has 3 N–H and O–H groups in total. The Balaban J connectivity index is 1.41. The number of amides is 2. The van der Waals surface area contributed by atoms with Gasteiger partial charge in [-0.2, -0.15) is 9.78 Å². The van der Waals surface area contributed by atoms with E-state index < -0.39 is 0 Å². The molecule has 3 aromatic rings. The number of phenols is 1. The Labute approximate surface area is 196 Å². The van der Waals surface area contributed by atoms with Crippen LogP contribution in [0, 0.1) is 0 Å². The molecule has 0 atom stereocenters. The van der Waals surface area contributed by atoms with Gasteiger partial charge in [-0.3, -0.25) is 4.79 Å². The van der Waals surface area contributed by atoms with E-state index in [4.69, 9.17) is 11.6 Å². The zero-order valence-electron chi connectivity index (χ0n) is 18.1. The van der Waals surface area contributed by atoms with Gasteiger partial charge in [-0.1, -0.05) is 36.6 Å². The van der Waals surface area contributed by atoms with Gasteiger partial charge < -0.3 is 15.7 Å². The molecule has 0 aliphatic heterocycles. The molecule has 2 aliphatic rings. The van der Waals surface area contributed by atoms with Gasteiger partial charge in [0.25, 0.3) is 5.91 Å². The summed E-state index contributed by atoms with van der Waals surface area (Å²) < 4.78 is 1.47. The molecule has 2 fully saturated rings. The molecule has 1 aromatic heterocycles. The molecular weight excluding hydrogens is 440 g/mol. The molecule has 2 saturated carbocycles. The maximum Gasteiger partial charge on any atom is 0.342 e. The number of benzene rings is 2. The zero-order valence-corrected chi connectivity index (χ0v) is 18.8. The van der Waals surface area contributed by atoms with Crippen molar-refractivity contribution in [2.75, 3.05) is 5.32 Å². The van der Waals surface area contributed by atoms with Gasteiger partial charge in [0.1, 0.15) is 5.75 Å². The number of aromatic nitrogens is 2. The van der Waals surface area contributed by atoms with E-state index >= 15 is 0 Å². The average molecular weight is 465 g/mol. The average Bonchev–Trinajstić information content (AvgIpc) is 3.25. The van der Waals surface area contributed by atoms with Crippen LogP contribution in [0.5, 0.6) is 5.75 Å². The summed E-state index contributed by atoms with van der Waals surface area (Å²) in [6, 6.07) is 13.6. The lowest BCUT2D eigenvalue weighted by Gasteiger charge is -2.11. The van der Waals surface area contributed by atoms with Gasteiger partial charge in [0.2, 0.25) is 0 Å². The van der Waals surface area contributed by atoms with Crippen LogP contribution >= 0.6 is 11.6 Å². The van der Waals surface area contributed by atoms with Crippen molar-refractivity contribution in [3.8, 4) is 17.0 Å². The minimum atomic E-state index is -0.364. The van der Waals surface area contributed by atoms with Crippen LogP contribution in [0.2, 0.25) is 5.02 Å². The number of hydrogen-bond donors (Lipinski definition) is 3. The number of anilines is 1. The Morgan fingerprint density at radius 2 is 1.79 bits per heavy atom. The van der Waals surface area contributed by atoms with Crippen molar-refractivity contribution in [3.63, 3.8) is 0 Å². The first-order valence-corrected chi connectivity index (χ1v) is 11.7. The summed E-state index contributed by atoms with van der Waals surface area (Å²) in [6.45, 7) is 0. The quantitative estimate of drug-likeness (QED) is 0.462. The topological polar surface area (TPSA) is 96.3 Å². The number of rotatable bonds is 5. The van der Waals surface area contributed by atoms with E-state index in [2.05, 4.69) is 15.7 Å². The molecule has 8 heteroatoms. The number of carbonyl (C=O) groups excluding carboxylic acids is 2. The van der Waals surface area contributed by atoms with E-state index in [1.165, 1.54) is 10.7 Å². The van der Waals surface area contributed by atoms with Gasteiger partial charge in [-0.05, 0) is 56.0 Å². The molecule has 0 bridgehead atoms. The maximum absolute atomic E-state index is 12.8. The Bertz CT molecular complexity index is 1210. The van der Waals surface area contributed by atoms with Gasteiger partial charge in [-0.15, -0.1) is 0 Å². The van der Waals surface area contributed by atoms with Gasteiger partial charge >= 0.3 is 6.03 Å². The molecule has 170 valence electrons. The fourth-order valence-electron chi connectivity index (χ4n) is 4.34. The smallest absolute Gasteiger partial charge is 0.342 e. The SMILES string of the molecule is O=C(Nc1ccc(-c2cc(C3CCCC3)n(C(=O)NC3CC3)n2)c(O)c1)c1ccccc1Cl. The highest BCUT2D eigenvalue weighted by atomic mass is 35.5. The number of hydrogen-bond acceptors (Lipinski definition) is 4. The first-order chi connectivity index (χ1) is 16.0. The van der Waals surface area contributed by atoms with Crippen LogP contribution in [-0.2, 0) is 0 Å². The number of aromatic hydroxyl groups is 1. The fraction of sp³-hybridized carbons (Fsp3) is 0.320. The Hall–Kier alpha value is -3.32. The molecule has 2 amide bonds. The number of halogens is 1. The van der Waals surface area contributed by atoms with Crippen LogP contribution in [0.3, 0.4) is 0 Å². The molecular formula is C25H25ClN4O3. The normalized spacial score (nSPS) is 16.0. The van der Waals surface area contributed by atoms with Crippen molar-refractivity contribution in [1.82, 2.24) is 15.1 Å². The zero-order chi connectivity index (χ0) is 22.9. The highest BCUT2D eigenvalue weighted by molar-refractivity contribution is 6.34. The lowest BCUT2D eigenvalue weighted by Crippen LogP contribution is -2.32. The Morgan fingerprint density at radius 3 is 2.48 bits per heavy atom. The van der Waals surface area contributed by atoms with E-state index in [0.29, 0.717) is 27.5 Å². The second kappa shape index (κ2) is 8.90. The van der Waals surface area contributed by atoms with Gasteiger partial charge in [0.05, 0.1) is 22.0 Å². The van der Waals surface area contributed by atoms with E-state index in [1.807, 2.05) is 6.07 Å². The lowest BCUT2D eigenvalue weighted by atomic mass is 10.0. The number of nitrogens with zero attached hydrogens (tertiary/aromatic N) is 2. The third-order valence-corrected chi connectivity index (χ3v) is 6.59. The van der Waals surface area contributed by atoms with Crippen molar-refractivity contribution >= 4 is 29.2 Å². The second-order valence-electron chi connectivity index (χ2n) is 8.74. The van der Waals surface area contributed by atoms with Crippen LogP contribution in [0.1, 0.15) is 60.5 Å². The summed E-state index contributed by atoms with van der Waals surface area (Å²) in [5.74, 6) is -0.109. The van der Waals surface area contributed by atoms with Crippen LogP contribution in [0.25, 0.3) is 11.3 Å². The van der Waals surface area contributed by atoms with Gasteiger partial charge in [0.15, 0.2) is 0 Å². The highest BCUT2D eigenvalue weighted by Crippen LogP contribution is 2.38. The summed E-state index contributed by atoms with van der Waals surface area (Å²) in [6.07, 6.45) is 6.34. The standard InChI is InChI=1S/C25H25ClN4O3/c26-20-8-4-3-7-18(20)24(32)27-17-11-12-19(23(31)13-17)21-14-22(15-5-1-2-6-15)30(29-21)25(33)28-16-9-10-16/h3-4,7-8,11-16,31H,1-2,5-6,9-10H2,(H,27,32)(H,28,33). The van der Waals surface area contributed by atoms with E-state index in [-0.39, 0.29) is 29.6 Å². The summed E-state index contributed by atoms with van der Waals surface area (Å²) in [7, 11) is 0. The minimum absolute atomic E-state index is 0.0304. The van der Waals surface area contributed by atoms with Crippen molar-refractivity contribution in [2.45, 2.75) is 50.5 Å². The molecule has 7 nitrogen and oxygen atoms in total. The molecule has 33 heavy (non-hydrogen) atoms. The molecule has 0 spiro atoms. The van der Waals surface area contributed by atoms with Crippen LogP contribution < -0.4 is 10.6 Å². The molecule has 2 aliphatic carbocycles. The third kappa shape index (κ3) is 4.59. The second-order valence-corrected chi connectivity index (χ2v) is 9.14.